The zero-order valence-corrected chi connectivity index (χ0v) is 13.2. The highest BCUT2D eigenvalue weighted by atomic mass is 16.1. The fraction of sp³-hybridized carbons (Fsp3) is 0.294. The molecule has 0 bridgehead atoms. The van der Waals surface area contributed by atoms with Gasteiger partial charge in [-0.1, -0.05) is 6.07 Å². The van der Waals surface area contributed by atoms with Gasteiger partial charge in [0.05, 0.1) is 5.69 Å². The van der Waals surface area contributed by atoms with Crippen LogP contribution in [-0.2, 0) is 0 Å². The van der Waals surface area contributed by atoms with E-state index in [4.69, 9.17) is 5.73 Å². The van der Waals surface area contributed by atoms with E-state index < -0.39 is 0 Å². The summed E-state index contributed by atoms with van der Waals surface area (Å²) in [4.78, 5) is 16.2. The van der Waals surface area contributed by atoms with Crippen LogP contribution in [-0.4, -0.2) is 24.0 Å². The molecule has 0 aliphatic heterocycles. The van der Waals surface area contributed by atoms with Crippen LogP contribution in [0.25, 0.3) is 0 Å². The van der Waals surface area contributed by atoms with Gasteiger partial charge in [-0.05, 0) is 55.7 Å². The van der Waals surface area contributed by atoms with Crippen LogP contribution in [0.2, 0.25) is 0 Å². The first-order valence-corrected chi connectivity index (χ1v) is 7.29. The van der Waals surface area contributed by atoms with Crippen molar-refractivity contribution >= 4 is 17.4 Å². The molecule has 0 aliphatic carbocycles. The van der Waals surface area contributed by atoms with E-state index in [-0.39, 0.29) is 5.91 Å². The van der Waals surface area contributed by atoms with Crippen LogP contribution < -0.4 is 16.4 Å². The lowest BCUT2D eigenvalue weighted by Crippen LogP contribution is -2.29. The van der Waals surface area contributed by atoms with Crippen molar-refractivity contribution in [2.75, 3.05) is 24.1 Å². The van der Waals surface area contributed by atoms with Crippen LogP contribution in [0, 0.1) is 20.8 Å². The predicted octanol–water partition coefficient (Wildman–Crippen LogP) is 2.43. The van der Waals surface area contributed by atoms with E-state index in [0.717, 1.165) is 11.1 Å². The van der Waals surface area contributed by atoms with Crippen molar-refractivity contribution in [3.05, 3.63) is 52.7 Å². The summed E-state index contributed by atoms with van der Waals surface area (Å²) in [7, 11) is 0. The first kappa shape index (κ1) is 15.8. The van der Waals surface area contributed by atoms with Gasteiger partial charge in [-0.25, -0.2) is 4.98 Å². The lowest BCUT2D eigenvalue weighted by atomic mass is 10.1. The number of hydrogen-bond acceptors (Lipinski definition) is 4. The first-order chi connectivity index (χ1) is 10.5. The van der Waals surface area contributed by atoms with Crippen LogP contribution in [0.15, 0.2) is 30.5 Å². The smallest absolute Gasteiger partial charge is 0.251 e. The summed E-state index contributed by atoms with van der Waals surface area (Å²) in [6.45, 7) is 7.03. The highest BCUT2D eigenvalue weighted by Gasteiger charge is 2.06. The van der Waals surface area contributed by atoms with Crippen molar-refractivity contribution in [1.29, 1.82) is 0 Å². The first-order valence-electron chi connectivity index (χ1n) is 7.29. The minimum Gasteiger partial charge on any atom is -0.396 e. The van der Waals surface area contributed by atoms with E-state index >= 15 is 0 Å². The Morgan fingerprint density at radius 3 is 2.59 bits per heavy atom. The third-order valence-electron chi connectivity index (χ3n) is 3.68. The molecule has 5 nitrogen and oxygen atoms in total. The van der Waals surface area contributed by atoms with Crippen LogP contribution in [0.5, 0.6) is 0 Å². The van der Waals surface area contributed by atoms with Gasteiger partial charge in [-0.15, -0.1) is 0 Å². The van der Waals surface area contributed by atoms with Gasteiger partial charge >= 0.3 is 0 Å². The molecular weight excluding hydrogens is 276 g/mol. The fourth-order valence-corrected chi connectivity index (χ4v) is 2.05. The average Bonchev–Trinajstić information content (AvgIpc) is 2.50. The van der Waals surface area contributed by atoms with Gasteiger partial charge in [0.1, 0.15) is 5.82 Å². The third kappa shape index (κ3) is 3.75. The molecule has 116 valence electrons. The summed E-state index contributed by atoms with van der Waals surface area (Å²) < 4.78 is 0. The Labute approximate surface area is 130 Å². The fourth-order valence-electron chi connectivity index (χ4n) is 2.05. The number of carbonyl (C=O) groups excluding carboxylic acids is 1. The number of nitrogens with two attached hydrogens (primary N) is 1. The van der Waals surface area contributed by atoms with Gasteiger partial charge < -0.3 is 16.4 Å². The highest BCUT2D eigenvalue weighted by molar-refractivity contribution is 5.94. The molecule has 22 heavy (non-hydrogen) atoms. The zero-order valence-electron chi connectivity index (χ0n) is 13.2. The molecule has 0 fully saturated rings. The molecule has 2 aromatic rings. The maximum Gasteiger partial charge on any atom is 0.251 e. The number of amides is 1. The number of aromatic nitrogens is 1. The van der Waals surface area contributed by atoms with Crippen molar-refractivity contribution < 1.29 is 4.79 Å². The van der Waals surface area contributed by atoms with Crippen LogP contribution in [0.1, 0.15) is 27.0 Å². The standard InChI is InChI=1S/C17H22N4O/c1-11-4-5-14(10-13(11)3)17(22)21-9-8-20-16-15(18)12(2)6-7-19-16/h4-7,10H,8-9,18H2,1-3H3,(H,19,20)(H,21,22). The average molecular weight is 298 g/mol. The molecule has 1 heterocycles. The molecule has 2 rings (SSSR count). The number of aryl methyl sites for hydroxylation is 3. The second-order valence-corrected chi connectivity index (χ2v) is 5.37. The van der Waals surface area contributed by atoms with Gasteiger partial charge in [0, 0.05) is 24.8 Å². The summed E-state index contributed by atoms with van der Waals surface area (Å²) in [5.41, 5.74) is 10.5. The second kappa shape index (κ2) is 6.93. The number of nitrogens with one attached hydrogen (secondary N) is 2. The van der Waals surface area contributed by atoms with E-state index in [0.29, 0.717) is 30.2 Å². The Morgan fingerprint density at radius 1 is 1.09 bits per heavy atom. The summed E-state index contributed by atoms with van der Waals surface area (Å²) >= 11 is 0. The lowest BCUT2D eigenvalue weighted by Gasteiger charge is -2.11. The van der Waals surface area contributed by atoms with Gasteiger partial charge in [0.15, 0.2) is 0 Å². The van der Waals surface area contributed by atoms with Gasteiger partial charge in [0.25, 0.3) is 5.91 Å². The number of nitrogen functional groups attached to an aromatic ring is 1. The minimum atomic E-state index is -0.0740. The Bertz CT molecular complexity index is 682. The van der Waals surface area contributed by atoms with E-state index in [1.54, 1.807) is 6.20 Å². The van der Waals surface area contributed by atoms with E-state index in [2.05, 4.69) is 15.6 Å². The molecule has 0 aliphatic rings. The molecule has 0 unspecified atom stereocenters. The SMILES string of the molecule is Cc1ccc(C(=O)NCCNc2nccc(C)c2N)cc1C. The molecular formula is C17H22N4O. The third-order valence-corrected chi connectivity index (χ3v) is 3.68. The summed E-state index contributed by atoms with van der Waals surface area (Å²) in [5.74, 6) is 0.579. The maximum atomic E-state index is 12.1. The molecule has 4 N–H and O–H groups in total. The molecule has 0 saturated heterocycles. The Balaban J connectivity index is 1.84. The predicted molar refractivity (Wildman–Crippen MR) is 90.1 cm³/mol. The largest absolute Gasteiger partial charge is 0.396 e. The number of hydrogen-bond donors (Lipinski definition) is 3. The normalized spacial score (nSPS) is 10.3. The van der Waals surface area contributed by atoms with Crippen LogP contribution in [0.4, 0.5) is 11.5 Å². The van der Waals surface area contributed by atoms with Gasteiger partial charge in [-0.2, -0.15) is 0 Å². The number of anilines is 2. The van der Waals surface area contributed by atoms with E-state index in [1.807, 2.05) is 45.0 Å². The summed E-state index contributed by atoms with van der Waals surface area (Å²) in [5, 5.41) is 6.01. The van der Waals surface area contributed by atoms with Crippen LogP contribution >= 0.6 is 0 Å². The number of benzene rings is 1. The Hall–Kier alpha value is -2.56. The van der Waals surface area contributed by atoms with Gasteiger partial charge in [0.2, 0.25) is 0 Å². The summed E-state index contributed by atoms with van der Waals surface area (Å²) in [6, 6.07) is 7.56. The van der Waals surface area contributed by atoms with Gasteiger partial charge in [-0.3, -0.25) is 4.79 Å². The molecule has 0 atom stereocenters. The van der Waals surface area contributed by atoms with Crippen molar-refractivity contribution in [2.24, 2.45) is 0 Å². The molecule has 1 aromatic heterocycles. The quantitative estimate of drug-likeness (QED) is 0.741. The molecule has 0 saturated carbocycles. The van der Waals surface area contributed by atoms with Crippen molar-refractivity contribution in [3.8, 4) is 0 Å². The molecule has 0 radical (unpaired) electrons. The van der Waals surface area contributed by atoms with Crippen molar-refractivity contribution in [3.63, 3.8) is 0 Å². The summed E-state index contributed by atoms with van der Waals surface area (Å²) in [6.07, 6.45) is 1.71. The zero-order chi connectivity index (χ0) is 16.1. The molecule has 0 spiro atoms. The van der Waals surface area contributed by atoms with Crippen molar-refractivity contribution in [1.82, 2.24) is 10.3 Å². The molecule has 5 heteroatoms. The monoisotopic (exact) mass is 298 g/mol. The lowest BCUT2D eigenvalue weighted by molar-refractivity contribution is 0.0955. The van der Waals surface area contributed by atoms with Crippen molar-refractivity contribution in [2.45, 2.75) is 20.8 Å². The highest BCUT2D eigenvalue weighted by Crippen LogP contribution is 2.18. The Kier molecular flexibility index (Phi) is 4.99. The molecule has 1 amide bonds. The maximum absolute atomic E-state index is 12.1. The topological polar surface area (TPSA) is 80.0 Å². The van der Waals surface area contributed by atoms with E-state index in [9.17, 15) is 4.79 Å². The van der Waals surface area contributed by atoms with E-state index in [1.165, 1.54) is 5.56 Å². The second-order valence-electron chi connectivity index (χ2n) is 5.37. The van der Waals surface area contributed by atoms with Crippen LogP contribution in [0.3, 0.4) is 0 Å². The molecule has 1 aromatic carbocycles. The Morgan fingerprint density at radius 2 is 1.86 bits per heavy atom. The number of pyridine rings is 1. The number of carbonyl (C=O) groups is 1. The number of nitrogens with zero attached hydrogens (tertiary/aromatic N) is 1. The minimum absolute atomic E-state index is 0.0740. The number of rotatable bonds is 5.